The fraction of sp³-hybridized carbons (Fsp3) is 0.111. The lowest BCUT2D eigenvalue weighted by Gasteiger charge is -1.99. The largest absolute Gasteiger partial charge is 0.389 e. The van der Waals surface area contributed by atoms with Crippen LogP contribution in [-0.4, -0.2) is 9.97 Å². The molecular formula is C9H8ClN3S. The van der Waals surface area contributed by atoms with E-state index in [1.807, 2.05) is 19.1 Å². The number of aromatic nitrogens is 2. The van der Waals surface area contributed by atoms with E-state index < -0.39 is 0 Å². The van der Waals surface area contributed by atoms with Crippen LogP contribution in [0.25, 0.3) is 10.6 Å². The van der Waals surface area contributed by atoms with Gasteiger partial charge in [-0.1, -0.05) is 22.9 Å². The highest BCUT2D eigenvalue weighted by Gasteiger charge is 2.08. The molecule has 0 saturated heterocycles. The van der Waals surface area contributed by atoms with E-state index in [2.05, 4.69) is 9.97 Å². The Morgan fingerprint density at radius 1 is 1.43 bits per heavy atom. The molecule has 0 fully saturated rings. The Bertz CT molecular complexity index is 467. The van der Waals surface area contributed by atoms with Crippen LogP contribution in [0.1, 0.15) is 5.69 Å². The van der Waals surface area contributed by atoms with E-state index in [-0.39, 0.29) is 0 Å². The van der Waals surface area contributed by atoms with Crippen molar-refractivity contribution in [2.24, 2.45) is 0 Å². The third-order valence-electron chi connectivity index (χ3n) is 1.74. The van der Waals surface area contributed by atoms with Crippen LogP contribution < -0.4 is 5.73 Å². The highest BCUT2D eigenvalue weighted by molar-refractivity contribution is 7.18. The molecule has 0 aliphatic carbocycles. The SMILES string of the molecule is Cc1ccc(-c2ncc(N)s2)c(Cl)n1. The third-order valence-corrected chi connectivity index (χ3v) is 2.89. The fourth-order valence-corrected chi connectivity index (χ4v) is 2.15. The Morgan fingerprint density at radius 2 is 2.21 bits per heavy atom. The van der Waals surface area contributed by atoms with Gasteiger partial charge < -0.3 is 5.73 Å². The topological polar surface area (TPSA) is 51.8 Å². The first-order valence-corrected chi connectivity index (χ1v) is 5.21. The quantitative estimate of drug-likeness (QED) is 0.760. The van der Waals surface area contributed by atoms with Crippen molar-refractivity contribution in [3.63, 3.8) is 0 Å². The van der Waals surface area contributed by atoms with Crippen LogP contribution in [0.4, 0.5) is 5.00 Å². The first kappa shape index (κ1) is 9.43. The number of hydrogen-bond acceptors (Lipinski definition) is 4. The van der Waals surface area contributed by atoms with Gasteiger partial charge in [-0.25, -0.2) is 9.97 Å². The smallest absolute Gasteiger partial charge is 0.139 e. The molecule has 0 atom stereocenters. The molecule has 0 bridgehead atoms. The Hall–Kier alpha value is -1.13. The summed E-state index contributed by atoms with van der Waals surface area (Å²) in [5, 5.41) is 1.95. The molecule has 0 unspecified atom stereocenters. The lowest BCUT2D eigenvalue weighted by Crippen LogP contribution is -1.85. The normalized spacial score (nSPS) is 10.4. The number of anilines is 1. The zero-order valence-corrected chi connectivity index (χ0v) is 9.06. The van der Waals surface area contributed by atoms with Crippen LogP contribution >= 0.6 is 22.9 Å². The van der Waals surface area contributed by atoms with Crippen LogP contribution in [0.15, 0.2) is 18.3 Å². The van der Waals surface area contributed by atoms with Crippen molar-refractivity contribution in [2.75, 3.05) is 5.73 Å². The predicted octanol–water partition coefficient (Wildman–Crippen LogP) is 2.75. The van der Waals surface area contributed by atoms with Crippen LogP contribution in [0.5, 0.6) is 0 Å². The lowest BCUT2D eigenvalue weighted by atomic mass is 10.3. The Labute approximate surface area is 90.6 Å². The minimum atomic E-state index is 0.472. The molecule has 0 aliphatic rings. The van der Waals surface area contributed by atoms with Gasteiger partial charge in [-0.15, -0.1) is 0 Å². The van der Waals surface area contributed by atoms with E-state index in [4.69, 9.17) is 17.3 Å². The molecule has 72 valence electrons. The van der Waals surface area contributed by atoms with Gasteiger partial charge in [-0.05, 0) is 19.1 Å². The zero-order valence-electron chi connectivity index (χ0n) is 7.49. The molecule has 0 radical (unpaired) electrons. The van der Waals surface area contributed by atoms with Crippen LogP contribution in [0.2, 0.25) is 5.15 Å². The van der Waals surface area contributed by atoms with Gasteiger partial charge in [0.15, 0.2) is 0 Å². The number of nitrogens with zero attached hydrogens (tertiary/aromatic N) is 2. The minimum Gasteiger partial charge on any atom is -0.389 e. The summed E-state index contributed by atoms with van der Waals surface area (Å²) in [6, 6.07) is 3.81. The summed E-state index contributed by atoms with van der Waals surface area (Å²) < 4.78 is 0. The monoisotopic (exact) mass is 225 g/mol. The molecule has 0 amide bonds. The first-order chi connectivity index (χ1) is 6.66. The van der Waals surface area contributed by atoms with Crippen molar-refractivity contribution in [1.29, 1.82) is 0 Å². The molecule has 5 heteroatoms. The summed E-state index contributed by atoms with van der Waals surface area (Å²) >= 11 is 7.39. The molecule has 0 aliphatic heterocycles. The molecule has 2 rings (SSSR count). The van der Waals surface area contributed by atoms with Crippen molar-refractivity contribution in [2.45, 2.75) is 6.92 Å². The van der Waals surface area contributed by atoms with Crippen LogP contribution in [-0.2, 0) is 0 Å². The minimum absolute atomic E-state index is 0.472. The van der Waals surface area contributed by atoms with Gasteiger partial charge >= 0.3 is 0 Å². The van der Waals surface area contributed by atoms with Gasteiger partial charge in [0.05, 0.1) is 6.20 Å². The number of aryl methyl sites for hydroxylation is 1. The summed E-state index contributed by atoms with van der Waals surface area (Å²) in [6.45, 7) is 1.89. The van der Waals surface area contributed by atoms with Crippen LogP contribution in [0, 0.1) is 6.92 Å². The maximum atomic E-state index is 5.99. The second kappa shape index (κ2) is 3.55. The lowest BCUT2D eigenvalue weighted by molar-refractivity contribution is 1.20. The van der Waals surface area contributed by atoms with E-state index in [1.54, 1.807) is 6.20 Å². The molecule has 2 aromatic heterocycles. The van der Waals surface area contributed by atoms with Crippen molar-refractivity contribution in [1.82, 2.24) is 9.97 Å². The van der Waals surface area contributed by atoms with Gasteiger partial charge in [0.1, 0.15) is 15.2 Å². The Balaban J connectivity index is 2.52. The fourth-order valence-electron chi connectivity index (χ4n) is 1.10. The highest BCUT2D eigenvalue weighted by atomic mass is 35.5. The van der Waals surface area contributed by atoms with Crippen molar-refractivity contribution < 1.29 is 0 Å². The molecule has 2 aromatic rings. The van der Waals surface area contributed by atoms with Gasteiger partial charge in [-0.3, -0.25) is 0 Å². The summed E-state index contributed by atoms with van der Waals surface area (Å²) in [5.74, 6) is 0. The van der Waals surface area contributed by atoms with Gasteiger partial charge in [0, 0.05) is 11.3 Å². The van der Waals surface area contributed by atoms with Crippen LogP contribution in [0.3, 0.4) is 0 Å². The average molecular weight is 226 g/mol. The summed E-state index contributed by atoms with van der Waals surface area (Å²) in [4.78, 5) is 8.30. The van der Waals surface area contributed by atoms with Crippen molar-refractivity contribution in [3.8, 4) is 10.6 Å². The summed E-state index contributed by atoms with van der Waals surface area (Å²) in [5.41, 5.74) is 7.31. The number of nitrogens with two attached hydrogens (primary N) is 1. The number of thiazole rings is 1. The number of hydrogen-bond donors (Lipinski definition) is 1. The average Bonchev–Trinajstić information content (AvgIpc) is 2.51. The Kier molecular flexibility index (Phi) is 2.39. The van der Waals surface area contributed by atoms with E-state index in [0.717, 1.165) is 16.3 Å². The van der Waals surface area contributed by atoms with E-state index in [9.17, 15) is 0 Å². The highest BCUT2D eigenvalue weighted by Crippen LogP contribution is 2.30. The molecule has 0 saturated carbocycles. The van der Waals surface area contributed by atoms with Crippen molar-refractivity contribution in [3.05, 3.63) is 29.2 Å². The first-order valence-electron chi connectivity index (χ1n) is 4.01. The molecule has 2 N–H and O–H groups in total. The second-order valence-electron chi connectivity index (χ2n) is 2.86. The standard InChI is InChI=1S/C9H8ClN3S/c1-5-2-3-6(8(10)13-5)9-12-4-7(11)14-9/h2-4H,11H2,1H3. The maximum Gasteiger partial charge on any atom is 0.139 e. The number of rotatable bonds is 1. The van der Waals surface area contributed by atoms with E-state index in [0.29, 0.717) is 10.2 Å². The van der Waals surface area contributed by atoms with Gasteiger partial charge in [0.2, 0.25) is 0 Å². The van der Waals surface area contributed by atoms with E-state index >= 15 is 0 Å². The summed E-state index contributed by atoms with van der Waals surface area (Å²) in [7, 11) is 0. The molecule has 0 aromatic carbocycles. The molecule has 3 nitrogen and oxygen atoms in total. The summed E-state index contributed by atoms with van der Waals surface area (Å²) in [6.07, 6.45) is 1.62. The third kappa shape index (κ3) is 1.71. The van der Waals surface area contributed by atoms with Crippen molar-refractivity contribution >= 4 is 27.9 Å². The predicted molar refractivity (Wildman–Crippen MR) is 59.5 cm³/mol. The number of halogens is 1. The van der Waals surface area contributed by atoms with E-state index in [1.165, 1.54) is 11.3 Å². The van der Waals surface area contributed by atoms with Gasteiger partial charge in [-0.2, -0.15) is 0 Å². The van der Waals surface area contributed by atoms with Gasteiger partial charge in [0.25, 0.3) is 0 Å². The zero-order chi connectivity index (χ0) is 10.1. The Morgan fingerprint density at radius 3 is 2.79 bits per heavy atom. The maximum absolute atomic E-state index is 5.99. The number of nitrogen functional groups attached to an aromatic ring is 1. The molecule has 0 spiro atoms. The molecular weight excluding hydrogens is 218 g/mol. The number of pyridine rings is 1. The molecule has 2 heterocycles. The second-order valence-corrected chi connectivity index (χ2v) is 4.28. The molecule has 14 heavy (non-hydrogen) atoms.